The number of aliphatic imine (C=N–C) groups is 1. The number of benzene rings is 1. The van der Waals surface area contributed by atoms with E-state index in [0.717, 1.165) is 5.56 Å². The first-order chi connectivity index (χ1) is 8.02. The van der Waals surface area contributed by atoms with E-state index in [1.807, 2.05) is 21.0 Å². The van der Waals surface area contributed by atoms with E-state index in [1.165, 1.54) is 6.08 Å². The summed E-state index contributed by atoms with van der Waals surface area (Å²) in [4.78, 5) is 27.1. The van der Waals surface area contributed by atoms with Gasteiger partial charge in [-0.2, -0.15) is 4.99 Å². The molecule has 90 valence electrons. The Morgan fingerprint density at radius 3 is 2.76 bits per heavy atom. The van der Waals surface area contributed by atoms with Crippen molar-refractivity contribution in [3.63, 3.8) is 0 Å². The van der Waals surface area contributed by atoms with E-state index < -0.39 is 0 Å². The number of hydrogen-bond donors (Lipinski definition) is 1. The van der Waals surface area contributed by atoms with Gasteiger partial charge < -0.3 is 10.2 Å². The van der Waals surface area contributed by atoms with Gasteiger partial charge in [-0.3, -0.25) is 4.79 Å². The number of likely N-dealkylation sites (N-methyl/N-ethyl adjacent to an activating group) is 1. The van der Waals surface area contributed by atoms with Crippen molar-refractivity contribution in [2.45, 2.75) is 6.92 Å². The zero-order valence-corrected chi connectivity index (χ0v) is 10.2. The van der Waals surface area contributed by atoms with Gasteiger partial charge in [-0.25, -0.2) is 4.79 Å². The van der Waals surface area contributed by atoms with Crippen LogP contribution in [-0.4, -0.2) is 37.5 Å². The fourth-order valence-corrected chi connectivity index (χ4v) is 1.34. The average Bonchev–Trinajstić information content (AvgIpc) is 2.22. The first-order valence-electron chi connectivity index (χ1n) is 5.16. The van der Waals surface area contributed by atoms with Crippen LogP contribution >= 0.6 is 0 Å². The minimum absolute atomic E-state index is 0.111. The first kappa shape index (κ1) is 13.1. The zero-order valence-electron chi connectivity index (χ0n) is 10.2. The summed E-state index contributed by atoms with van der Waals surface area (Å²) in [7, 11) is 3.63. The van der Waals surface area contributed by atoms with Crippen LogP contribution in [0.15, 0.2) is 23.2 Å². The maximum Gasteiger partial charge on any atom is 0.240 e. The minimum atomic E-state index is -0.111. The molecule has 0 aliphatic heterocycles. The number of rotatable bonds is 4. The SMILES string of the molecule is Cc1ccc(NC(=O)CN(C)C)cc1N=C=O. The van der Waals surface area contributed by atoms with Crippen molar-refractivity contribution in [1.82, 2.24) is 4.90 Å². The van der Waals surface area contributed by atoms with Crippen LogP contribution in [0, 0.1) is 6.92 Å². The molecule has 5 nitrogen and oxygen atoms in total. The number of nitrogens with one attached hydrogen (secondary N) is 1. The van der Waals surface area contributed by atoms with Gasteiger partial charge in [0, 0.05) is 5.69 Å². The molecule has 1 N–H and O–H groups in total. The lowest BCUT2D eigenvalue weighted by Gasteiger charge is -2.10. The number of carbonyl (C=O) groups is 1. The third-order valence-electron chi connectivity index (χ3n) is 2.12. The maximum absolute atomic E-state index is 11.5. The molecule has 1 aromatic carbocycles. The Morgan fingerprint density at radius 1 is 1.47 bits per heavy atom. The molecular formula is C12H15N3O2. The Hall–Kier alpha value is -1.97. The molecule has 1 aromatic rings. The van der Waals surface area contributed by atoms with Crippen molar-refractivity contribution in [2.24, 2.45) is 4.99 Å². The number of nitrogens with zero attached hydrogens (tertiary/aromatic N) is 2. The van der Waals surface area contributed by atoms with Crippen molar-refractivity contribution in [3.8, 4) is 0 Å². The normalized spacial score (nSPS) is 9.88. The predicted molar refractivity (Wildman–Crippen MR) is 66.1 cm³/mol. The Labute approximate surface area is 100 Å². The van der Waals surface area contributed by atoms with E-state index in [-0.39, 0.29) is 5.91 Å². The van der Waals surface area contributed by atoms with Crippen molar-refractivity contribution in [3.05, 3.63) is 23.8 Å². The highest BCUT2D eigenvalue weighted by Gasteiger charge is 2.05. The minimum Gasteiger partial charge on any atom is -0.325 e. The molecule has 0 unspecified atom stereocenters. The molecular weight excluding hydrogens is 218 g/mol. The number of isocyanates is 1. The lowest BCUT2D eigenvalue weighted by atomic mass is 10.2. The van der Waals surface area contributed by atoms with Gasteiger partial charge >= 0.3 is 0 Å². The summed E-state index contributed by atoms with van der Waals surface area (Å²) in [6.45, 7) is 2.14. The number of aryl methyl sites for hydroxylation is 1. The third kappa shape index (κ3) is 4.18. The van der Waals surface area contributed by atoms with E-state index >= 15 is 0 Å². The van der Waals surface area contributed by atoms with E-state index in [2.05, 4.69) is 10.3 Å². The van der Waals surface area contributed by atoms with Crippen LogP contribution in [-0.2, 0) is 9.59 Å². The highest BCUT2D eigenvalue weighted by Crippen LogP contribution is 2.22. The quantitative estimate of drug-likeness (QED) is 0.632. The van der Waals surface area contributed by atoms with Gasteiger partial charge in [-0.15, -0.1) is 0 Å². The third-order valence-corrected chi connectivity index (χ3v) is 2.12. The molecule has 17 heavy (non-hydrogen) atoms. The summed E-state index contributed by atoms with van der Waals surface area (Å²) in [5.74, 6) is -0.111. The summed E-state index contributed by atoms with van der Waals surface area (Å²) in [5, 5.41) is 2.73. The van der Waals surface area contributed by atoms with Crippen molar-refractivity contribution < 1.29 is 9.59 Å². The average molecular weight is 233 g/mol. The van der Waals surface area contributed by atoms with E-state index in [0.29, 0.717) is 17.9 Å². The molecule has 0 aromatic heterocycles. The topological polar surface area (TPSA) is 61.8 Å². The molecule has 5 heteroatoms. The largest absolute Gasteiger partial charge is 0.325 e. The molecule has 0 fully saturated rings. The predicted octanol–water partition coefficient (Wildman–Crippen LogP) is 1.46. The van der Waals surface area contributed by atoms with Gasteiger partial charge in [0.25, 0.3) is 0 Å². The second-order valence-electron chi connectivity index (χ2n) is 3.99. The van der Waals surface area contributed by atoms with Crippen LogP contribution in [0.25, 0.3) is 0 Å². The highest BCUT2D eigenvalue weighted by atomic mass is 16.2. The zero-order chi connectivity index (χ0) is 12.8. The summed E-state index contributed by atoms with van der Waals surface area (Å²) >= 11 is 0. The van der Waals surface area contributed by atoms with Crippen LogP contribution in [0.3, 0.4) is 0 Å². The molecule has 0 bridgehead atoms. The molecule has 1 rings (SSSR count). The van der Waals surface area contributed by atoms with Gasteiger partial charge in [0.05, 0.1) is 12.2 Å². The Morgan fingerprint density at radius 2 is 2.18 bits per heavy atom. The highest BCUT2D eigenvalue weighted by molar-refractivity contribution is 5.92. The Bertz CT molecular complexity index is 463. The molecule has 1 amide bonds. The Kier molecular flexibility index (Phi) is 4.57. The molecule has 0 atom stereocenters. The Balaban J connectivity index is 2.82. The molecule has 0 saturated carbocycles. The second-order valence-corrected chi connectivity index (χ2v) is 3.99. The second kappa shape index (κ2) is 5.94. The molecule has 0 aliphatic rings. The number of amides is 1. The van der Waals surface area contributed by atoms with Gasteiger partial charge in [0.15, 0.2) is 0 Å². The van der Waals surface area contributed by atoms with Crippen molar-refractivity contribution >= 4 is 23.4 Å². The van der Waals surface area contributed by atoms with Gasteiger partial charge in [0.1, 0.15) is 0 Å². The summed E-state index contributed by atoms with van der Waals surface area (Å²) in [5.41, 5.74) is 2.00. The molecule has 0 radical (unpaired) electrons. The maximum atomic E-state index is 11.5. The fourth-order valence-electron chi connectivity index (χ4n) is 1.34. The van der Waals surface area contributed by atoms with Crippen LogP contribution in [0.4, 0.5) is 11.4 Å². The summed E-state index contributed by atoms with van der Waals surface area (Å²) in [6.07, 6.45) is 1.49. The van der Waals surface area contributed by atoms with E-state index in [1.54, 1.807) is 23.1 Å². The van der Waals surface area contributed by atoms with Gasteiger partial charge in [-0.1, -0.05) is 6.07 Å². The first-order valence-corrected chi connectivity index (χ1v) is 5.16. The van der Waals surface area contributed by atoms with Crippen LogP contribution in [0.5, 0.6) is 0 Å². The molecule has 0 saturated heterocycles. The smallest absolute Gasteiger partial charge is 0.240 e. The fraction of sp³-hybridized carbons (Fsp3) is 0.333. The lowest BCUT2D eigenvalue weighted by Crippen LogP contribution is -2.27. The molecule has 0 heterocycles. The van der Waals surface area contributed by atoms with Crippen molar-refractivity contribution in [1.29, 1.82) is 0 Å². The molecule has 0 spiro atoms. The van der Waals surface area contributed by atoms with E-state index in [4.69, 9.17) is 0 Å². The monoisotopic (exact) mass is 233 g/mol. The summed E-state index contributed by atoms with van der Waals surface area (Å²) in [6, 6.07) is 5.21. The van der Waals surface area contributed by atoms with Gasteiger partial charge in [0.2, 0.25) is 12.0 Å². The van der Waals surface area contributed by atoms with Crippen LogP contribution < -0.4 is 5.32 Å². The number of hydrogen-bond acceptors (Lipinski definition) is 4. The molecule has 0 aliphatic carbocycles. The number of carbonyl (C=O) groups excluding carboxylic acids is 2. The van der Waals surface area contributed by atoms with Crippen LogP contribution in [0.2, 0.25) is 0 Å². The van der Waals surface area contributed by atoms with E-state index in [9.17, 15) is 9.59 Å². The van der Waals surface area contributed by atoms with Crippen LogP contribution in [0.1, 0.15) is 5.56 Å². The number of anilines is 1. The lowest BCUT2D eigenvalue weighted by molar-refractivity contribution is -0.116. The summed E-state index contributed by atoms with van der Waals surface area (Å²) < 4.78 is 0. The van der Waals surface area contributed by atoms with Crippen molar-refractivity contribution in [2.75, 3.05) is 26.0 Å². The standard InChI is InChI=1S/C12H15N3O2/c1-9-4-5-10(6-11(9)13-8-16)14-12(17)7-15(2)3/h4-6H,7H2,1-3H3,(H,14,17). The van der Waals surface area contributed by atoms with Gasteiger partial charge in [-0.05, 0) is 38.7 Å².